The first-order chi connectivity index (χ1) is 11.0. The standard InChI is InChI=1S/C14H11ClN4O4/c15-10-3-1-2-4-11(10)17-14(21)18-16-8-9-5-6-13(20)12(7-9)19(22)23/h1-8,20H,(H2,17,18,21)/b16-8+. The maximum Gasteiger partial charge on any atom is 0.339 e. The molecule has 2 rings (SSSR count). The summed E-state index contributed by atoms with van der Waals surface area (Å²) in [4.78, 5) is 21.6. The molecule has 2 amide bonds. The van der Waals surface area contributed by atoms with Crippen molar-refractivity contribution < 1.29 is 14.8 Å². The molecule has 0 saturated carbocycles. The van der Waals surface area contributed by atoms with E-state index in [0.29, 0.717) is 16.3 Å². The molecule has 0 fully saturated rings. The first kappa shape index (κ1) is 16.2. The van der Waals surface area contributed by atoms with Crippen molar-refractivity contribution in [1.29, 1.82) is 0 Å². The number of halogens is 1. The van der Waals surface area contributed by atoms with Crippen molar-refractivity contribution >= 4 is 35.2 Å². The zero-order chi connectivity index (χ0) is 16.8. The number of nitrogens with zero attached hydrogens (tertiary/aromatic N) is 2. The largest absolute Gasteiger partial charge is 0.502 e. The number of hydrogen-bond acceptors (Lipinski definition) is 5. The van der Waals surface area contributed by atoms with Crippen molar-refractivity contribution in [2.75, 3.05) is 5.32 Å². The highest BCUT2D eigenvalue weighted by Crippen LogP contribution is 2.25. The maximum atomic E-state index is 11.6. The third kappa shape index (κ3) is 4.42. The molecule has 0 saturated heterocycles. The van der Waals surface area contributed by atoms with E-state index in [0.717, 1.165) is 6.07 Å². The molecule has 0 radical (unpaired) electrons. The minimum absolute atomic E-state index is 0.340. The molecule has 23 heavy (non-hydrogen) atoms. The number of carbonyl (C=O) groups is 1. The lowest BCUT2D eigenvalue weighted by Gasteiger charge is -2.05. The van der Waals surface area contributed by atoms with Gasteiger partial charge in [0.05, 0.1) is 21.8 Å². The second-order valence-corrected chi connectivity index (χ2v) is 4.72. The van der Waals surface area contributed by atoms with Gasteiger partial charge in [-0.1, -0.05) is 23.7 Å². The lowest BCUT2D eigenvalue weighted by molar-refractivity contribution is -0.385. The Balaban J connectivity index is 1.99. The van der Waals surface area contributed by atoms with E-state index in [-0.39, 0.29) is 0 Å². The van der Waals surface area contributed by atoms with Crippen LogP contribution >= 0.6 is 11.6 Å². The number of nitro groups is 1. The van der Waals surface area contributed by atoms with E-state index in [9.17, 15) is 20.0 Å². The number of hydrogen-bond donors (Lipinski definition) is 3. The predicted octanol–water partition coefficient (Wildman–Crippen LogP) is 3.11. The molecule has 0 bridgehead atoms. The van der Waals surface area contributed by atoms with Gasteiger partial charge in [0.2, 0.25) is 0 Å². The monoisotopic (exact) mass is 334 g/mol. The fourth-order valence-corrected chi connectivity index (χ4v) is 1.83. The van der Waals surface area contributed by atoms with Crippen molar-refractivity contribution in [2.24, 2.45) is 5.10 Å². The molecule has 2 aromatic carbocycles. The minimum atomic E-state index is -0.718. The molecule has 3 N–H and O–H groups in total. The first-order valence-corrected chi connectivity index (χ1v) is 6.67. The average Bonchev–Trinajstić information content (AvgIpc) is 2.51. The number of urea groups is 1. The number of nitro benzene ring substituents is 1. The van der Waals surface area contributed by atoms with Gasteiger partial charge in [0, 0.05) is 11.6 Å². The van der Waals surface area contributed by atoms with Crippen LogP contribution in [0.25, 0.3) is 0 Å². The van der Waals surface area contributed by atoms with Crippen LogP contribution in [0.5, 0.6) is 5.75 Å². The summed E-state index contributed by atoms with van der Waals surface area (Å²) in [6.07, 6.45) is 1.21. The van der Waals surface area contributed by atoms with Crippen LogP contribution in [-0.4, -0.2) is 22.3 Å². The number of para-hydroxylation sites is 1. The fraction of sp³-hybridized carbons (Fsp3) is 0. The lowest BCUT2D eigenvalue weighted by atomic mass is 10.2. The van der Waals surface area contributed by atoms with Gasteiger partial charge in [0.1, 0.15) is 0 Å². The molecule has 0 aliphatic carbocycles. The van der Waals surface area contributed by atoms with Crippen molar-refractivity contribution in [3.8, 4) is 5.75 Å². The van der Waals surface area contributed by atoms with Gasteiger partial charge < -0.3 is 10.4 Å². The number of anilines is 1. The molecule has 0 aliphatic rings. The summed E-state index contributed by atoms with van der Waals surface area (Å²) < 4.78 is 0. The smallest absolute Gasteiger partial charge is 0.339 e. The van der Waals surface area contributed by atoms with Crippen LogP contribution in [0, 0.1) is 10.1 Å². The number of carbonyl (C=O) groups excluding carboxylic acids is 1. The number of hydrazone groups is 1. The number of amides is 2. The van der Waals surface area contributed by atoms with Gasteiger partial charge in [-0.2, -0.15) is 5.10 Å². The summed E-state index contributed by atoms with van der Waals surface area (Å²) in [6.45, 7) is 0. The van der Waals surface area contributed by atoms with Crippen LogP contribution in [0.3, 0.4) is 0 Å². The van der Waals surface area contributed by atoms with E-state index in [1.54, 1.807) is 24.3 Å². The quantitative estimate of drug-likeness (QED) is 0.452. The Labute approximate surface area is 135 Å². The zero-order valence-corrected chi connectivity index (χ0v) is 12.3. The number of rotatable bonds is 4. The van der Waals surface area contributed by atoms with Gasteiger partial charge in [-0.3, -0.25) is 10.1 Å². The Bertz CT molecular complexity index is 779. The van der Waals surface area contributed by atoms with Gasteiger partial charge in [0.25, 0.3) is 0 Å². The lowest BCUT2D eigenvalue weighted by Crippen LogP contribution is -2.24. The van der Waals surface area contributed by atoms with E-state index >= 15 is 0 Å². The Morgan fingerprint density at radius 2 is 2.04 bits per heavy atom. The van der Waals surface area contributed by atoms with Crippen LogP contribution in [0.2, 0.25) is 5.02 Å². The van der Waals surface area contributed by atoms with E-state index in [2.05, 4.69) is 15.8 Å². The number of phenols is 1. The van der Waals surface area contributed by atoms with Crippen molar-refractivity contribution in [2.45, 2.75) is 0 Å². The fourth-order valence-electron chi connectivity index (χ4n) is 1.65. The number of phenolic OH excluding ortho intramolecular Hbond substituents is 1. The Morgan fingerprint density at radius 1 is 1.30 bits per heavy atom. The van der Waals surface area contributed by atoms with E-state index in [4.69, 9.17) is 11.6 Å². The SMILES string of the molecule is O=C(N/N=C/c1ccc(O)c([N+](=O)[O-])c1)Nc1ccccc1Cl. The van der Waals surface area contributed by atoms with Crippen molar-refractivity contribution in [1.82, 2.24) is 5.43 Å². The maximum absolute atomic E-state index is 11.6. The van der Waals surface area contributed by atoms with Crippen LogP contribution in [0.4, 0.5) is 16.2 Å². The van der Waals surface area contributed by atoms with Gasteiger partial charge >= 0.3 is 11.7 Å². The summed E-state index contributed by atoms with van der Waals surface area (Å²) in [6, 6.07) is 9.77. The molecular formula is C14H11ClN4O4. The number of nitrogens with one attached hydrogen (secondary N) is 2. The highest BCUT2D eigenvalue weighted by Gasteiger charge is 2.12. The summed E-state index contributed by atoms with van der Waals surface area (Å²) in [7, 11) is 0. The molecule has 0 heterocycles. The van der Waals surface area contributed by atoms with Gasteiger partial charge in [-0.15, -0.1) is 0 Å². The molecule has 0 unspecified atom stereocenters. The predicted molar refractivity (Wildman–Crippen MR) is 86.0 cm³/mol. The topological polar surface area (TPSA) is 117 Å². The zero-order valence-electron chi connectivity index (χ0n) is 11.6. The molecule has 0 aliphatic heterocycles. The molecule has 9 heteroatoms. The molecule has 0 spiro atoms. The summed E-state index contributed by atoms with van der Waals surface area (Å²) in [5.41, 5.74) is 2.51. The van der Waals surface area contributed by atoms with E-state index in [1.165, 1.54) is 18.3 Å². The summed E-state index contributed by atoms with van der Waals surface area (Å²) in [5.74, 6) is -0.448. The second-order valence-electron chi connectivity index (χ2n) is 4.31. The molecule has 0 aromatic heterocycles. The Morgan fingerprint density at radius 3 is 2.74 bits per heavy atom. The van der Waals surface area contributed by atoms with E-state index in [1.807, 2.05) is 0 Å². The Hall–Kier alpha value is -3.13. The molecule has 0 atom stereocenters. The third-order valence-electron chi connectivity index (χ3n) is 2.70. The van der Waals surface area contributed by atoms with Gasteiger partial charge in [-0.05, 0) is 24.3 Å². The van der Waals surface area contributed by atoms with Gasteiger partial charge in [-0.25, -0.2) is 10.2 Å². The summed E-state index contributed by atoms with van der Waals surface area (Å²) >= 11 is 5.89. The van der Waals surface area contributed by atoms with Crippen LogP contribution < -0.4 is 10.7 Å². The van der Waals surface area contributed by atoms with Crippen molar-refractivity contribution in [3.63, 3.8) is 0 Å². The summed E-state index contributed by atoms with van der Waals surface area (Å²) in [5, 5.41) is 26.6. The average molecular weight is 335 g/mol. The van der Waals surface area contributed by atoms with Crippen LogP contribution in [-0.2, 0) is 0 Å². The van der Waals surface area contributed by atoms with Crippen LogP contribution in [0.1, 0.15) is 5.56 Å². The highest BCUT2D eigenvalue weighted by atomic mass is 35.5. The van der Waals surface area contributed by atoms with E-state index < -0.39 is 22.4 Å². The molecule has 2 aromatic rings. The third-order valence-corrected chi connectivity index (χ3v) is 3.03. The van der Waals surface area contributed by atoms with Crippen LogP contribution in [0.15, 0.2) is 47.6 Å². The molecule has 118 valence electrons. The van der Waals surface area contributed by atoms with Crippen molar-refractivity contribution in [3.05, 3.63) is 63.2 Å². The number of benzene rings is 2. The van der Waals surface area contributed by atoms with Gasteiger partial charge in [0.15, 0.2) is 5.75 Å². The number of aromatic hydroxyl groups is 1. The second kappa shape index (κ2) is 7.23. The molecule has 8 nitrogen and oxygen atoms in total. The molecular weight excluding hydrogens is 324 g/mol. The normalized spacial score (nSPS) is 10.5. The first-order valence-electron chi connectivity index (χ1n) is 6.29. The minimum Gasteiger partial charge on any atom is -0.502 e. The Kier molecular flexibility index (Phi) is 5.11. The highest BCUT2D eigenvalue weighted by molar-refractivity contribution is 6.33.